The summed E-state index contributed by atoms with van der Waals surface area (Å²) < 4.78 is 46.4. The summed E-state index contributed by atoms with van der Waals surface area (Å²) in [5.74, 6) is -3.08. The number of para-hydroxylation sites is 1. The molecular formula is C28H29F2N3O5. The average Bonchev–Trinajstić information content (AvgIpc) is 2.90. The van der Waals surface area contributed by atoms with Crippen molar-refractivity contribution < 1.29 is 32.6 Å². The van der Waals surface area contributed by atoms with Crippen LogP contribution >= 0.6 is 0 Å². The van der Waals surface area contributed by atoms with Gasteiger partial charge in [-0.2, -0.15) is 0 Å². The van der Waals surface area contributed by atoms with Gasteiger partial charge in [0.2, 0.25) is 0 Å². The van der Waals surface area contributed by atoms with Crippen molar-refractivity contribution in [1.29, 1.82) is 5.41 Å². The number of carbonyl (C=O) groups is 2. The molecule has 1 unspecified atom stereocenters. The van der Waals surface area contributed by atoms with Gasteiger partial charge in [0, 0.05) is 24.3 Å². The Labute approximate surface area is 219 Å². The van der Waals surface area contributed by atoms with Gasteiger partial charge in [0.25, 0.3) is 5.91 Å². The Hall–Kier alpha value is -4.31. The van der Waals surface area contributed by atoms with Crippen molar-refractivity contribution in [3.05, 3.63) is 89.0 Å². The molecule has 3 aromatic carbocycles. The van der Waals surface area contributed by atoms with Crippen LogP contribution in [0.5, 0.6) is 5.75 Å². The third kappa shape index (κ3) is 7.13. The molecule has 0 heterocycles. The lowest BCUT2D eigenvalue weighted by atomic mass is 9.99. The summed E-state index contributed by atoms with van der Waals surface area (Å²) in [6.07, 6.45) is -1.53. The fraction of sp³-hybridized carbons (Fsp3) is 0.250. The highest BCUT2D eigenvalue weighted by Crippen LogP contribution is 2.34. The number of esters is 1. The first-order valence-electron chi connectivity index (χ1n) is 11.9. The third-order valence-corrected chi connectivity index (χ3v) is 5.49. The van der Waals surface area contributed by atoms with Gasteiger partial charge in [-0.05, 0) is 43.2 Å². The normalized spacial score (nSPS) is 11.5. The van der Waals surface area contributed by atoms with Gasteiger partial charge < -0.3 is 25.3 Å². The summed E-state index contributed by atoms with van der Waals surface area (Å²) in [6, 6.07) is 15.3. The molecule has 0 aliphatic rings. The van der Waals surface area contributed by atoms with Crippen molar-refractivity contribution in [3.8, 4) is 16.9 Å². The quantitative estimate of drug-likeness (QED) is 0.185. The molecular weight excluding hydrogens is 496 g/mol. The number of nitrogen functional groups attached to an aromatic ring is 1. The third-order valence-electron chi connectivity index (χ3n) is 5.49. The van der Waals surface area contributed by atoms with Gasteiger partial charge in [0.1, 0.15) is 23.2 Å². The summed E-state index contributed by atoms with van der Waals surface area (Å²) in [5, 5.41) is 10.1. The van der Waals surface area contributed by atoms with Gasteiger partial charge in [0.05, 0.1) is 12.2 Å². The number of ether oxygens (including phenoxy) is 3. The summed E-state index contributed by atoms with van der Waals surface area (Å²) >= 11 is 0. The average molecular weight is 526 g/mol. The molecule has 0 aliphatic heterocycles. The number of amidine groups is 1. The number of nitrogens with two attached hydrogens (primary N) is 1. The number of nitrogens with one attached hydrogen (secondary N) is 2. The molecule has 0 aromatic heterocycles. The lowest BCUT2D eigenvalue weighted by molar-refractivity contribution is -0.145. The zero-order valence-electron chi connectivity index (χ0n) is 21.1. The molecule has 0 saturated carbocycles. The molecule has 10 heteroatoms. The van der Waals surface area contributed by atoms with Crippen LogP contribution in [-0.4, -0.2) is 37.5 Å². The van der Waals surface area contributed by atoms with Crippen LogP contribution in [-0.2, 0) is 25.6 Å². The Morgan fingerprint density at radius 1 is 1.00 bits per heavy atom. The Kier molecular flexibility index (Phi) is 9.89. The molecule has 0 aliphatic carbocycles. The first-order valence-corrected chi connectivity index (χ1v) is 11.9. The molecule has 0 saturated heterocycles. The standard InChI is InChI=1S/C28H29F2N3O5/c1-3-36-24(34)16-38-23-8-6-5-7-20(23)19-13-21(29)25(22(30)14-19)26(37-4-2)28(35)33-15-17-9-11-18(12-10-17)27(31)32/h5-14,26H,3-4,15-16H2,1-2H3,(H3,31,32)(H,33,35). The van der Waals surface area contributed by atoms with Crippen molar-refractivity contribution in [2.75, 3.05) is 19.8 Å². The Bertz CT molecular complexity index is 1270. The monoisotopic (exact) mass is 525 g/mol. The number of benzene rings is 3. The number of rotatable bonds is 12. The summed E-state index contributed by atoms with van der Waals surface area (Å²) in [7, 11) is 0. The number of hydrogen-bond donors (Lipinski definition) is 3. The van der Waals surface area contributed by atoms with Crippen LogP contribution in [0.2, 0.25) is 0 Å². The molecule has 38 heavy (non-hydrogen) atoms. The molecule has 1 amide bonds. The van der Waals surface area contributed by atoms with Crippen LogP contribution in [0.3, 0.4) is 0 Å². The fourth-order valence-corrected chi connectivity index (χ4v) is 3.70. The number of halogens is 2. The lowest BCUT2D eigenvalue weighted by Gasteiger charge is -2.20. The number of amides is 1. The first-order chi connectivity index (χ1) is 18.2. The van der Waals surface area contributed by atoms with E-state index in [1.807, 2.05) is 0 Å². The molecule has 3 aromatic rings. The van der Waals surface area contributed by atoms with E-state index < -0.39 is 35.2 Å². The molecule has 0 radical (unpaired) electrons. The highest BCUT2D eigenvalue weighted by Gasteiger charge is 2.28. The van der Waals surface area contributed by atoms with Crippen molar-refractivity contribution in [2.45, 2.75) is 26.5 Å². The fourth-order valence-electron chi connectivity index (χ4n) is 3.70. The van der Waals surface area contributed by atoms with Crippen molar-refractivity contribution in [2.24, 2.45) is 5.73 Å². The van der Waals surface area contributed by atoms with Gasteiger partial charge in [-0.1, -0.05) is 42.5 Å². The largest absolute Gasteiger partial charge is 0.481 e. The SMILES string of the molecule is CCOC(=O)COc1ccccc1-c1cc(F)c(C(OCC)C(=O)NCc2ccc(C(=N)N)cc2)c(F)c1. The minimum atomic E-state index is -1.53. The second kappa shape index (κ2) is 13.3. The van der Waals surface area contributed by atoms with E-state index in [9.17, 15) is 9.59 Å². The maximum Gasteiger partial charge on any atom is 0.344 e. The minimum absolute atomic E-state index is 0.0383. The second-order valence-electron chi connectivity index (χ2n) is 8.11. The smallest absolute Gasteiger partial charge is 0.344 e. The van der Waals surface area contributed by atoms with Crippen molar-refractivity contribution in [3.63, 3.8) is 0 Å². The number of carbonyl (C=O) groups excluding carboxylic acids is 2. The van der Waals surface area contributed by atoms with E-state index in [1.54, 1.807) is 62.4 Å². The molecule has 8 nitrogen and oxygen atoms in total. The highest BCUT2D eigenvalue weighted by atomic mass is 19.1. The maximum atomic E-state index is 15.3. The molecule has 0 fully saturated rings. The number of hydrogen-bond acceptors (Lipinski definition) is 6. The summed E-state index contributed by atoms with van der Waals surface area (Å²) in [5.41, 5.74) is 6.67. The molecule has 200 valence electrons. The van der Waals surface area contributed by atoms with E-state index in [4.69, 9.17) is 25.4 Å². The Morgan fingerprint density at radius 2 is 1.66 bits per heavy atom. The predicted octanol–water partition coefficient (Wildman–Crippen LogP) is 4.25. The van der Waals surface area contributed by atoms with Crippen molar-refractivity contribution in [1.82, 2.24) is 5.32 Å². The van der Waals surface area contributed by atoms with Gasteiger partial charge in [-0.3, -0.25) is 10.2 Å². The zero-order valence-corrected chi connectivity index (χ0v) is 21.1. The lowest BCUT2D eigenvalue weighted by Crippen LogP contribution is -2.31. The highest BCUT2D eigenvalue weighted by molar-refractivity contribution is 5.94. The van der Waals surface area contributed by atoms with E-state index in [0.29, 0.717) is 16.7 Å². The van der Waals surface area contributed by atoms with E-state index in [2.05, 4.69) is 5.32 Å². The van der Waals surface area contributed by atoms with E-state index >= 15 is 8.78 Å². The van der Waals surface area contributed by atoms with E-state index in [0.717, 1.165) is 12.1 Å². The van der Waals surface area contributed by atoms with Crippen molar-refractivity contribution >= 4 is 17.7 Å². The molecule has 0 spiro atoms. The minimum Gasteiger partial charge on any atom is -0.481 e. The van der Waals surface area contributed by atoms with Gasteiger partial charge in [-0.25, -0.2) is 13.6 Å². The molecule has 3 rings (SSSR count). The van der Waals surface area contributed by atoms with Crippen LogP contribution < -0.4 is 15.8 Å². The Morgan fingerprint density at radius 3 is 2.26 bits per heavy atom. The summed E-state index contributed by atoms with van der Waals surface area (Å²) in [6.45, 7) is 3.23. The van der Waals surface area contributed by atoms with Crippen LogP contribution in [0.25, 0.3) is 11.1 Å². The predicted molar refractivity (Wildman–Crippen MR) is 138 cm³/mol. The van der Waals surface area contributed by atoms with Crippen LogP contribution in [0.15, 0.2) is 60.7 Å². The first kappa shape index (κ1) is 28.3. The van der Waals surface area contributed by atoms with E-state index in [1.165, 1.54) is 0 Å². The topological polar surface area (TPSA) is 124 Å². The van der Waals surface area contributed by atoms with E-state index in [-0.39, 0.29) is 43.5 Å². The van der Waals surface area contributed by atoms with Gasteiger partial charge >= 0.3 is 5.97 Å². The molecule has 4 N–H and O–H groups in total. The van der Waals surface area contributed by atoms with Gasteiger partial charge in [-0.15, -0.1) is 0 Å². The van der Waals surface area contributed by atoms with Crippen LogP contribution in [0.4, 0.5) is 8.78 Å². The zero-order chi connectivity index (χ0) is 27.7. The van der Waals surface area contributed by atoms with Crippen LogP contribution in [0.1, 0.15) is 36.6 Å². The van der Waals surface area contributed by atoms with Gasteiger partial charge in [0.15, 0.2) is 12.7 Å². The second-order valence-corrected chi connectivity index (χ2v) is 8.11. The summed E-state index contributed by atoms with van der Waals surface area (Å²) in [4.78, 5) is 24.6. The molecule has 0 bridgehead atoms. The Balaban J connectivity index is 1.82. The maximum absolute atomic E-state index is 15.3. The molecule has 1 atom stereocenters. The van der Waals surface area contributed by atoms with Crippen LogP contribution in [0, 0.1) is 17.0 Å².